The molecule has 0 aromatic rings. The fourth-order valence-electron chi connectivity index (χ4n) is 0.494. The molecule has 0 aromatic carbocycles. The number of thiocarbonyl (C=S) groups is 2. The lowest BCUT2D eigenvalue weighted by Gasteiger charge is -2.15. The summed E-state index contributed by atoms with van der Waals surface area (Å²) in [6, 6.07) is 0. The predicted octanol–water partition coefficient (Wildman–Crippen LogP) is -0.225. The molecule has 0 fully saturated rings. The molecule has 0 aliphatic carbocycles. The van der Waals surface area contributed by atoms with Crippen LogP contribution >= 0.6 is 24.4 Å². The van der Waals surface area contributed by atoms with Crippen molar-refractivity contribution in [1.82, 2.24) is 4.90 Å². The average Bonchev–Trinajstić information content (AvgIpc) is 1.87. The highest BCUT2D eigenvalue weighted by Gasteiger charge is 1.98. The lowest BCUT2D eigenvalue weighted by Crippen LogP contribution is -2.28. The van der Waals surface area contributed by atoms with Crippen molar-refractivity contribution < 1.29 is 10.2 Å². The fourth-order valence-corrected chi connectivity index (χ4v) is 0.752. The molecule has 0 bridgehead atoms. The quantitative estimate of drug-likeness (QED) is 0.458. The second kappa shape index (κ2) is 11.9. The summed E-state index contributed by atoms with van der Waals surface area (Å²) in [5, 5.41) is 15.7. The van der Waals surface area contributed by atoms with E-state index in [-0.39, 0.29) is 22.5 Å². The molecule has 0 heterocycles. The zero-order valence-electron chi connectivity index (χ0n) is 7.15. The lowest BCUT2D eigenvalue weighted by molar-refractivity contribution is 0.371. The second-order valence-electron chi connectivity index (χ2n) is 1.79. The molecule has 0 radical (unpaired) electrons. The summed E-state index contributed by atoms with van der Waals surface area (Å²) in [6.45, 7) is 5.47. The van der Waals surface area contributed by atoms with Crippen molar-refractivity contribution >= 4 is 52.1 Å². The van der Waals surface area contributed by atoms with Crippen molar-refractivity contribution in [3.8, 4) is 0 Å². The van der Waals surface area contributed by atoms with Crippen molar-refractivity contribution in [2.75, 3.05) is 13.1 Å². The normalized spacial score (nSPS) is 7.23. The zero-order chi connectivity index (χ0) is 10.1. The molecule has 0 saturated carbocycles. The number of nitrogens with zero attached hydrogens (tertiary/aromatic N) is 1. The van der Waals surface area contributed by atoms with Gasteiger partial charge in [-0.25, -0.2) is 0 Å². The fraction of sp³-hybridized carbons (Fsp3) is 0.667. The molecule has 0 rings (SSSR count). The third kappa shape index (κ3) is 18.7. The van der Waals surface area contributed by atoms with Crippen LogP contribution in [0.2, 0.25) is 0 Å². The molecule has 0 aliphatic rings. The molecular formula is C6H17AlN2O2S2. The number of aliphatic hydroxyl groups excluding tert-OH is 2. The molecular weight excluding hydrogens is 223 g/mol. The van der Waals surface area contributed by atoms with Crippen LogP contribution in [-0.2, 0) is 0 Å². The van der Waals surface area contributed by atoms with Gasteiger partial charge in [-0.3, -0.25) is 0 Å². The van der Waals surface area contributed by atoms with Crippen LogP contribution in [-0.4, -0.2) is 55.9 Å². The minimum Gasteiger partial charge on any atom is -0.487 e. The van der Waals surface area contributed by atoms with Gasteiger partial charge in [0.1, 0.15) is 0 Å². The maximum atomic E-state index is 8.67. The molecule has 78 valence electrons. The molecule has 13 heavy (non-hydrogen) atoms. The van der Waals surface area contributed by atoms with Gasteiger partial charge in [-0.15, -0.1) is 0 Å². The van der Waals surface area contributed by atoms with E-state index in [1.807, 2.05) is 13.8 Å². The summed E-state index contributed by atoms with van der Waals surface area (Å²) < 4.78 is 0. The van der Waals surface area contributed by atoms with E-state index in [4.69, 9.17) is 10.2 Å². The van der Waals surface area contributed by atoms with Gasteiger partial charge in [-0.1, -0.05) is 0 Å². The van der Waals surface area contributed by atoms with Crippen LogP contribution in [0.5, 0.6) is 0 Å². The highest BCUT2D eigenvalue weighted by atomic mass is 32.1. The van der Waals surface area contributed by atoms with Crippen molar-refractivity contribution in [1.29, 1.82) is 0 Å². The van der Waals surface area contributed by atoms with Gasteiger partial charge < -0.3 is 20.8 Å². The Kier molecular flexibility index (Phi) is 17.1. The lowest BCUT2D eigenvalue weighted by atomic mass is 10.6. The highest BCUT2D eigenvalue weighted by Crippen LogP contribution is 1.85. The van der Waals surface area contributed by atoms with Gasteiger partial charge in [-0.05, 0) is 38.3 Å². The van der Waals surface area contributed by atoms with E-state index in [9.17, 15) is 0 Å². The minimum absolute atomic E-state index is 0. The summed E-state index contributed by atoms with van der Waals surface area (Å²) >= 11 is 8.37. The largest absolute Gasteiger partial charge is 0.487 e. The van der Waals surface area contributed by atoms with Crippen LogP contribution in [0.1, 0.15) is 13.8 Å². The van der Waals surface area contributed by atoms with Gasteiger partial charge in [0.2, 0.25) is 0 Å². The summed E-state index contributed by atoms with van der Waals surface area (Å²) in [6.07, 6.45) is 0. The van der Waals surface area contributed by atoms with E-state index >= 15 is 0 Å². The highest BCUT2D eigenvalue weighted by molar-refractivity contribution is 7.80. The van der Waals surface area contributed by atoms with Crippen LogP contribution in [0, 0.1) is 0 Å². The average molecular weight is 240 g/mol. The van der Waals surface area contributed by atoms with Gasteiger partial charge in [0.15, 0.2) is 17.4 Å². The van der Waals surface area contributed by atoms with Crippen molar-refractivity contribution in [3.05, 3.63) is 0 Å². The second-order valence-corrected chi connectivity index (χ2v) is 2.58. The SMILES string of the molecule is CCN(CC)C(O)=S.NC(O)=S.[AlH3]. The van der Waals surface area contributed by atoms with Crippen LogP contribution in [0.15, 0.2) is 0 Å². The van der Waals surface area contributed by atoms with E-state index in [1.54, 1.807) is 4.90 Å². The van der Waals surface area contributed by atoms with Crippen molar-refractivity contribution in [3.63, 3.8) is 0 Å². The van der Waals surface area contributed by atoms with Gasteiger partial charge in [-0.2, -0.15) is 0 Å². The summed E-state index contributed by atoms with van der Waals surface area (Å²) in [7, 11) is 0. The van der Waals surface area contributed by atoms with Crippen LogP contribution in [0.4, 0.5) is 0 Å². The first kappa shape index (κ1) is 18.6. The Bertz CT molecular complexity index is 150. The molecule has 7 heteroatoms. The van der Waals surface area contributed by atoms with E-state index < -0.39 is 5.17 Å². The third-order valence-corrected chi connectivity index (χ3v) is 1.29. The summed E-state index contributed by atoms with van der Waals surface area (Å²) in [5.74, 6) is 0. The van der Waals surface area contributed by atoms with E-state index in [2.05, 4.69) is 30.2 Å². The Morgan fingerprint density at radius 1 is 1.23 bits per heavy atom. The molecule has 0 amide bonds. The topological polar surface area (TPSA) is 69.7 Å². The first-order valence-corrected chi connectivity index (χ1v) is 4.23. The summed E-state index contributed by atoms with van der Waals surface area (Å²) in [4.78, 5) is 1.70. The number of nitrogens with two attached hydrogens (primary N) is 1. The number of hydrogen-bond donors (Lipinski definition) is 3. The maximum Gasteiger partial charge on any atom is 0.256 e. The van der Waals surface area contributed by atoms with E-state index in [0.717, 1.165) is 13.1 Å². The summed E-state index contributed by atoms with van der Waals surface area (Å²) in [5.41, 5.74) is 4.40. The van der Waals surface area contributed by atoms with E-state index in [0.29, 0.717) is 0 Å². The zero-order valence-corrected chi connectivity index (χ0v) is 8.78. The maximum absolute atomic E-state index is 8.67. The smallest absolute Gasteiger partial charge is 0.256 e. The third-order valence-electron chi connectivity index (χ3n) is 1.03. The first-order valence-electron chi connectivity index (χ1n) is 3.41. The molecule has 0 aromatic heterocycles. The number of rotatable bonds is 2. The van der Waals surface area contributed by atoms with Gasteiger partial charge in [0.25, 0.3) is 10.3 Å². The van der Waals surface area contributed by atoms with Crippen molar-refractivity contribution in [2.24, 2.45) is 5.73 Å². The molecule has 0 unspecified atom stereocenters. The van der Waals surface area contributed by atoms with Crippen molar-refractivity contribution in [2.45, 2.75) is 13.8 Å². The number of aliphatic hydroxyl groups is 2. The van der Waals surface area contributed by atoms with Crippen LogP contribution in [0.25, 0.3) is 0 Å². The molecule has 4 N–H and O–H groups in total. The molecule has 0 aliphatic heterocycles. The Morgan fingerprint density at radius 3 is 1.46 bits per heavy atom. The van der Waals surface area contributed by atoms with Gasteiger partial charge >= 0.3 is 0 Å². The Labute approximate surface area is 99.8 Å². The standard InChI is InChI=1S/C5H11NOS.CH3NOS.Al.3H/c1-3-6(4-2)5(7)8;2-1(3)4;;;;/h3-4H2,1-2H3,(H,7,8);(H3,2,3,4);;;;. The molecule has 4 nitrogen and oxygen atoms in total. The predicted molar refractivity (Wildman–Crippen MR) is 67.5 cm³/mol. The Hall–Kier alpha value is -0.0875. The minimum atomic E-state index is -0.500. The first-order chi connectivity index (χ1) is 5.45. The van der Waals surface area contributed by atoms with Gasteiger partial charge in [0, 0.05) is 13.1 Å². The van der Waals surface area contributed by atoms with Crippen LogP contribution < -0.4 is 5.73 Å². The number of hydrogen-bond acceptors (Lipinski definition) is 2. The van der Waals surface area contributed by atoms with E-state index in [1.165, 1.54) is 0 Å². The van der Waals surface area contributed by atoms with Crippen LogP contribution in [0.3, 0.4) is 0 Å². The molecule has 0 spiro atoms. The molecule has 0 atom stereocenters. The monoisotopic (exact) mass is 240 g/mol. The van der Waals surface area contributed by atoms with Gasteiger partial charge in [0.05, 0.1) is 0 Å². The molecule has 0 saturated heterocycles. The Balaban J connectivity index is -0.000000173. The Morgan fingerprint density at radius 2 is 1.46 bits per heavy atom.